The summed E-state index contributed by atoms with van der Waals surface area (Å²) in [5, 5.41) is 7.20. The van der Waals surface area contributed by atoms with Gasteiger partial charge in [0.05, 0.1) is 6.17 Å². The van der Waals surface area contributed by atoms with Gasteiger partial charge in [-0.2, -0.15) is 0 Å². The summed E-state index contributed by atoms with van der Waals surface area (Å²) < 4.78 is 0. The molecule has 0 aromatic rings. The lowest BCUT2D eigenvalue weighted by molar-refractivity contribution is 0.305. The van der Waals surface area contributed by atoms with Gasteiger partial charge in [-0.1, -0.05) is 19.4 Å². The Hall–Kier alpha value is 0.137. The second-order valence-corrected chi connectivity index (χ2v) is 6.32. The van der Waals surface area contributed by atoms with Crippen LogP contribution in [-0.4, -0.2) is 28.5 Å². The summed E-state index contributed by atoms with van der Waals surface area (Å²) in [6, 6.07) is 2.55. The van der Waals surface area contributed by atoms with Crippen LogP contribution in [0.5, 0.6) is 0 Å². The number of nitrogens with one attached hydrogen (secondary N) is 2. The van der Waals surface area contributed by atoms with E-state index in [9.17, 15) is 0 Å². The Labute approximate surface area is 99.0 Å². The molecule has 0 aliphatic rings. The Bertz CT molecular complexity index is 139. The van der Waals surface area contributed by atoms with Gasteiger partial charge in [-0.3, -0.25) is 10.6 Å². The van der Waals surface area contributed by atoms with Gasteiger partial charge in [0, 0.05) is 22.3 Å². The van der Waals surface area contributed by atoms with Crippen molar-refractivity contribution in [3.05, 3.63) is 0 Å². The maximum Gasteiger partial charge on any atom is 0.0578 e. The maximum atomic E-state index is 3.60. The van der Waals surface area contributed by atoms with Gasteiger partial charge in [0.25, 0.3) is 0 Å². The fourth-order valence-corrected chi connectivity index (χ4v) is 2.99. The van der Waals surface area contributed by atoms with Crippen molar-refractivity contribution in [2.24, 2.45) is 5.92 Å². The van der Waals surface area contributed by atoms with Crippen LogP contribution >= 0.6 is 0 Å². The Balaban J connectivity index is 3.99. The third-order valence-electron chi connectivity index (χ3n) is 2.49. The van der Waals surface area contributed by atoms with Gasteiger partial charge in [-0.05, 0) is 40.0 Å². The van der Waals surface area contributed by atoms with Gasteiger partial charge in [-0.25, -0.2) is 0 Å². The van der Waals surface area contributed by atoms with Crippen LogP contribution in [0.4, 0.5) is 0 Å². The van der Waals surface area contributed by atoms with Crippen molar-refractivity contribution in [3.8, 4) is 0 Å². The van der Waals surface area contributed by atoms with E-state index in [4.69, 9.17) is 0 Å². The SMILES string of the molecule is CC(CC[SiH3])CC(NC(C)C)NC(C)C. The molecule has 92 valence electrons. The molecule has 2 N–H and O–H groups in total. The molecule has 0 aliphatic heterocycles. The summed E-state index contributed by atoms with van der Waals surface area (Å²) in [7, 11) is 1.34. The van der Waals surface area contributed by atoms with Crippen LogP contribution in [0.2, 0.25) is 6.04 Å². The van der Waals surface area contributed by atoms with Crippen molar-refractivity contribution < 1.29 is 0 Å². The first-order valence-electron chi connectivity index (χ1n) is 6.47. The average Bonchev–Trinajstić information content (AvgIpc) is 2.00. The van der Waals surface area contributed by atoms with Crippen LogP contribution in [0, 0.1) is 5.92 Å². The molecule has 1 atom stereocenters. The van der Waals surface area contributed by atoms with Gasteiger partial charge in [0.15, 0.2) is 0 Å². The highest BCUT2D eigenvalue weighted by atomic mass is 28.1. The first-order valence-corrected chi connectivity index (χ1v) is 7.89. The molecule has 0 spiro atoms. The van der Waals surface area contributed by atoms with Gasteiger partial charge in [0.1, 0.15) is 0 Å². The van der Waals surface area contributed by atoms with E-state index in [-0.39, 0.29) is 0 Å². The molecule has 0 saturated heterocycles. The van der Waals surface area contributed by atoms with E-state index in [1.54, 1.807) is 0 Å². The molecular formula is C12H30N2Si. The second kappa shape index (κ2) is 8.31. The van der Waals surface area contributed by atoms with E-state index in [2.05, 4.69) is 45.3 Å². The lowest BCUT2D eigenvalue weighted by Gasteiger charge is -2.27. The van der Waals surface area contributed by atoms with Crippen molar-refractivity contribution in [2.45, 2.75) is 71.8 Å². The fourth-order valence-electron chi connectivity index (χ4n) is 2.00. The summed E-state index contributed by atoms with van der Waals surface area (Å²) in [5.74, 6) is 0.838. The van der Waals surface area contributed by atoms with Crippen molar-refractivity contribution in [2.75, 3.05) is 0 Å². The molecule has 15 heavy (non-hydrogen) atoms. The average molecular weight is 230 g/mol. The quantitative estimate of drug-likeness (QED) is 0.488. The zero-order valence-corrected chi connectivity index (χ0v) is 13.4. The van der Waals surface area contributed by atoms with Gasteiger partial charge >= 0.3 is 0 Å². The summed E-state index contributed by atoms with van der Waals surface area (Å²) in [4.78, 5) is 0. The Morgan fingerprint density at radius 3 is 1.73 bits per heavy atom. The summed E-state index contributed by atoms with van der Waals surface area (Å²) in [6.45, 7) is 11.2. The number of hydrogen-bond donors (Lipinski definition) is 2. The third-order valence-corrected chi connectivity index (χ3v) is 3.07. The summed E-state index contributed by atoms with van der Waals surface area (Å²) in [5.41, 5.74) is 0. The molecule has 0 aromatic heterocycles. The molecule has 0 bridgehead atoms. The monoisotopic (exact) mass is 230 g/mol. The van der Waals surface area contributed by atoms with Crippen LogP contribution < -0.4 is 10.6 Å². The van der Waals surface area contributed by atoms with Gasteiger partial charge in [-0.15, -0.1) is 0 Å². The largest absolute Gasteiger partial charge is 0.300 e. The van der Waals surface area contributed by atoms with Gasteiger partial charge < -0.3 is 0 Å². The predicted molar refractivity (Wildman–Crippen MR) is 73.5 cm³/mol. The summed E-state index contributed by atoms with van der Waals surface area (Å²) >= 11 is 0. The highest BCUT2D eigenvalue weighted by molar-refractivity contribution is 6.08. The number of hydrogen-bond acceptors (Lipinski definition) is 2. The molecule has 3 heteroatoms. The van der Waals surface area contributed by atoms with Crippen LogP contribution in [0.1, 0.15) is 47.5 Å². The van der Waals surface area contributed by atoms with E-state index >= 15 is 0 Å². The first-order chi connectivity index (χ1) is 6.95. The molecule has 1 unspecified atom stereocenters. The fraction of sp³-hybridized carbons (Fsp3) is 1.00. The zero-order valence-electron chi connectivity index (χ0n) is 11.4. The molecule has 0 heterocycles. The van der Waals surface area contributed by atoms with Crippen molar-refractivity contribution in [1.29, 1.82) is 0 Å². The zero-order chi connectivity index (χ0) is 11.8. The van der Waals surface area contributed by atoms with E-state index in [0.717, 1.165) is 5.92 Å². The predicted octanol–water partition coefficient (Wildman–Crippen LogP) is 1.51. The Morgan fingerprint density at radius 1 is 0.933 bits per heavy atom. The lowest BCUT2D eigenvalue weighted by Crippen LogP contribution is -2.48. The third kappa shape index (κ3) is 9.09. The molecule has 0 fully saturated rings. The normalized spacial score (nSPS) is 14.4. The smallest absolute Gasteiger partial charge is 0.0578 e. The van der Waals surface area contributed by atoms with E-state index in [1.165, 1.54) is 29.1 Å². The minimum absolute atomic E-state index is 0.480. The first kappa shape index (κ1) is 15.1. The Morgan fingerprint density at radius 2 is 1.40 bits per heavy atom. The van der Waals surface area contributed by atoms with Crippen molar-refractivity contribution in [1.82, 2.24) is 10.6 Å². The number of rotatable bonds is 8. The van der Waals surface area contributed by atoms with Crippen LogP contribution in [0.3, 0.4) is 0 Å². The van der Waals surface area contributed by atoms with Crippen molar-refractivity contribution in [3.63, 3.8) is 0 Å². The standard InChI is InChI=1S/C12H30N2Si/c1-9(2)13-12(14-10(3)4)8-11(5)6-7-15/h9-14H,6-8H2,1-5,15H3. The minimum atomic E-state index is 0.480. The topological polar surface area (TPSA) is 24.1 Å². The molecule has 2 nitrogen and oxygen atoms in total. The van der Waals surface area contributed by atoms with Crippen LogP contribution in [-0.2, 0) is 0 Å². The van der Waals surface area contributed by atoms with Crippen LogP contribution in [0.15, 0.2) is 0 Å². The molecular weight excluding hydrogens is 200 g/mol. The van der Waals surface area contributed by atoms with E-state index in [1.807, 2.05) is 0 Å². The molecule has 0 rings (SSSR count). The molecule has 0 amide bonds. The molecule has 0 saturated carbocycles. The second-order valence-electron chi connectivity index (χ2n) is 5.32. The minimum Gasteiger partial charge on any atom is -0.300 e. The molecule has 0 aliphatic carbocycles. The van der Waals surface area contributed by atoms with Crippen molar-refractivity contribution >= 4 is 10.2 Å². The van der Waals surface area contributed by atoms with Crippen LogP contribution in [0.25, 0.3) is 0 Å². The van der Waals surface area contributed by atoms with E-state index in [0.29, 0.717) is 18.2 Å². The lowest BCUT2D eigenvalue weighted by atomic mass is 10.0. The molecule has 0 aromatic carbocycles. The maximum absolute atomic E-state index is 3.60. The highest BCUT2D eigenvalue weighted by Gasteiger charge is 2.13. The summed E-state index contributed by atoms with van der Waals surface area (Å²) in [6.07, 6.45) is 3.12. The van der Waals surface area contributed by atoms with Gasteiger partial charge in [0.2, 0.25) is 0 Å². The highest BCUT2D eigenvalue weighted by Crippen LogP contribution is 2.11. The Kier molecular flexibility index (Phi) is 8.38. The van der Waals surface area contributed by atoms with E-state index < -0.39 is 0 Å². The molecule has 0 radical (unpaired) electrons.